The van der Waals surface area contributed by atoms with Crippen LogP contribution in [0.4, 0.5) is 11.5 Å². The van der Waals surface area contributed by atoms with Crippen LogP contribution in [-0.2, 0) is 0 Å². The number of rotatable bonds is 10. The van der Waals surface area contributed by atoms with Crippen LogP contribution < -0.4 is 14.4 Å². The van der Waals surface area contributed by atoms with Crippen molar-refractivity contribution >= 4 is 50.5 Å². The van der Waals surface area contributed by atoms with Crippen LogP contribution in [0.25, 0.3) is 22.7 Å². The predicted molar refractivity (Wildman–Crippen MR) is 201 cm³/mol. The van der Waals surface area contributed by atoms with E-state index in [2.05, 4.69) is 137 Å². The molecule has 0 bridgehead atoms. The SMILES string of the molecule is CN(C)CCN(C)c1cc(C=C2Sc3cc(S(C=CO)(C=CO)N4CCCCC4)ccc3N2C)c2ccccc2[n+]1-c1ccccc1. The fourth-order valence-corrected chi connectivity index (χ4v) is 10.6. The van der Waals surface area contributed by atoms with Gasteiger partial charge in [-0.1, -0.05) is 54.6 Å². The van der Waals surface area contributed by atoms with Crippen LogP contribution in [0.5, 0.6) is 0 Å². The maximum Gasteiger partial charge on any atom is 0.282 e. The van der Waals surface area contributed by atoms with Gasteiger partial charge in [0.2, 0.25) is 0 Å². The van der Waals surface area contributed by atoms with E-state index in [4.69, 9.17) is 0 Å². The Bertz CT molecular complexity index is 1790. The van der Waals surface area contributed by atoms with Crippen LogP contribution in [0.1, 0.15) is 24.8 Å². The summed E-state index contributed by atoms with van der Waals surface area (Å²) >= 11 is 1.77. The molecule has 6 rings (SSSR count). The van der Waals surface area contributed by atoms with Crippen molar-refractivity contribution in [3.8, 4) is 5.69 Å². The number of benzene rings is 3. The van der Waals surface area contributed by atoms with Gasteiger partial charge >= 0.3 is 0 Å². The second kappa shape index (κ2) is 14.5. The summed E-state index contributed by atoms with van der Waals surface area (Å²) in [5, 5.41) is 26.1. The van der Waals surface area contributed by atoms with Gasteiger partial charge in [-0.05, 0) is 75.0 Å². The minimum atomic E-state index is -1.87. The molecule has 0 radical (unpaired) electrons. The van der Waals surface area contributed by atoms with Gasteiger partial charge in [0.1, 0.15) is 11.2 Å². The molecule has 9 heteroatoms. The van der Waals surface area contributed by atoms with E-state index >= 15 is 0 Å². The quantitative estimate of drug-likeness (QED) is 0.130. The van der Waals surface area contributed by atoms with Gasteiger partial charge in [0, 0.05) is 58.7 Å². The Labute approximate surface area is 285 Å². The monoisotopic (exact) mass is 668 g/mol. The van der Waals surface area contributed by atoms with Gasteiger partial charge in [-0.3, -0.25) is 9.21 Å². The molecule has 0 amide bonds. The molecular weight excluding hydrogens is 623 g/mol. The molecule has 1 fully saturated rings. The first kappa shape index (κ1) is 33.0. The molecule has 2 aliphatic rings. The van der Waals surface area contributed by atoms with Crippen molar-refractivity contribution in [2.75, 3.05) is 64.2 Å². The van der Waals surface area contributed by atoms with Crippen LogP contribution in [0, 0.1) is 0 Å². The number of para-hydroxylation sites is 2. The lowest BCUT2D eigenvalue weighted by Gasteiger charge is -2.46. The second-order valence-electron chi connectivity index (χ2n) is 12.4. The summed E-state index contributed by atoms with van der Waals surface area (Å²) < 4.78 is 4.80. The molecule has 3 heterocycles. The standard InChI is InChI=1S/C38H45N5O2S2/c1-39(2)21-22-40(3)37-27-30(33-15-9-10-16-34(33)43(37)31-13-7-5-8-14-31)28-38-41(4)35-18-17-32(29-36(35)46-38)47(25-23-44,26-24-45)42-19-11-6-12-20-42/h5,7-10,13-18,23-29H,6,11-12,19-22H2,1-4H3,(H-,44,45)/p+1. The highest BCUT2D eigenvalue weighted by Gasteiger charge is 2.33. The lowest BCUT2D eigenvalue weighted by Crippen LogP contribution is -2.41. The average molecular weight is 669 g/mol. The van der Waals surface area contributed by atoms with Crippen molar-refractivity contribution in [3.63, 3.8) is 0 Å². The van der Waals surface area contributed by atoms with E-state index in [-0.39, 0.29) is 0 Å². The Balaban J connectivity index is 1.44. The summed E-state index contributed by atoms with van der Waals surface area (Å²) in [4.78, 5) is 9.12. The Morgan fingerprint density at radius 3 is 2.26 bits per heavy atom. The summed E-state index contributed by atoms with van der Waals surface area (Å²) in [5.74, 6) is 1.13. The van der Waals surface area contributed by atoms with Crippen LogP contribution >= 0.6 is 22.0 Å². The number of likely N-dealkylation sites (N-methyl/N-ethyl adjacent to an activating group) is 2. The Morgan fingerprint density at radius 2 is 1.55 bits per heavy atom. The lowest BCUT2D eigenvalue weighted by molar-refractivity contribution is -0.553. The summed E-state index contributed by atoms with van der Waals surface area (Å²) in [6.45, 7) is 3.72. The zero-order valence-electron chi connectivity index (χ0n) is 27.8. The number of nitrogens with zero attached hydrogens (tertiary/aromatic N) is 5. The Morgan fingerprint density at radius 1 is 0.851 bits per heavy atom. The van der Waals surface area contributed by atoms with Gasteiger partial charge in [-0.2, -0.15) is 4.57 Å². The van der Waals surface area contributed by atoms with Crippen molar-refractivity contribution < 1.29 is 14.8 Å². The third-order valence-corrected chi connectivity index (χ3v) is 13.5. The van der Waals surface area contributed by atoms with E-state index in [1.165, 1.54) is 22.3 Å². The number of fused-ring (bicyclic) bond motifs is 2. The highest BCUT2D eigenvalue weighted by molar-refractivity contribution is 8.36. The molecule has 246 valence electrons. The number of hydrogen-bond acceptors (Lipinski definition) is 7. The third-order valence-electron chi connectivity index (χ3n) is 9.03. The summed E-state index contributed by atoms with van der Waals surface area (Å²) in [6.07, 6.45) is 8.06. The van der Waals surface area contributed by atoms with Crippen molar-refractivity contribution in [3.05, 3.63) is 113 Å². The summed E-state index contributed by atoms with van der Waals surface area (Å²) in [5.41, 5.74) is 4.62. The maximum atomic E-state index is 10.0. The molecule has 2 N–H and O–H groups in total. The number of hydrogen-bond donors (Lipinski definition) is 2. The first-order chi connectivity index (χ1) is 22.9. The average Bonchev–Trinajstić information content (AvgIpc) is 3.41. The fraction of sp³-hybridized carbons (Fsp3) is 0.289. The van der Waals surface area contributed by atoms with E-state index in [1.54, 1.807) is 11.8 Å². The van der Waals surface area contributed by atoms with Crippen molar-refractivity contribution in [1.82, 2.24) is 9.21 Å². The zero-order chi connectivity index (χ0) is 33.0. The molecule has 7 nitrogen and oxygen atoms in total. The van der Waals surface area contributed by atoms with Gasteiger partial charge in [-0.25, -0.2) is 0 Å². The van der Waals surface area contributed by atoms with Gasteiger partial charge < -0.3 is 20.0 Å². The van der Waals surface area contributed by atoms with E-state index in [0.717, 1.165) is 84.2 Å². The molecule has 0 atom stereocenters. The molecule has 0 unspecified atom stereocenters. The highest BCUT2D eigenvalue weighted by atomic mass is 32.3. The van der Waals surface area contributed by atoms with Crippen molar-refractivity contribution in [2.45, 2.75) is 29.1 Å². The molecular formula is C38H46N5O2S2+. The number of aromatic nitrogens is 1. The van der Waals surface area contributed by atoms with Gasteiger partial charge in [0.15, 0.2) is 0 Å². The van der Waals surface area contributed by atoms with E-state index in [9.17, 15) is 10.2 Å². The Hall–Kier alpha value is -3.89. The summed E-state index contributed by atoms with van der Waals surface area (Å²) in [7, 11) is 6.67. The van der Waals surface area contributed by atoms with Crippen molar-refractivity contribution in [2.24, 2.45) is 0 Å². The van der Waals surface area contributed by atoms with Gasteiger partial charge in [0.25, 0.3) is 5.82 Å². The molecule has 0 spiro atoms. The largest absolute Gasteiger partial charge is 0.515 e. The molecule has 0 saturated carbocycles. The fourth-order valence-electron chi connectivity index (χ4n) is 6.52. The molecule has 2 aliphatic heterocycles. The molecule has 47 heavy (non-hydrogen) atoms. The van der Waals surface area contributed by atoms with Crippen molar-refractivity contribution in [1.29, 1.82) is 0 Å². The molecule has 0 aliphatic carbocycles. The van der Waals surface area contributed by atoms with Crippen LogP contribution in [0.15, 0.2) is 117 Å². The molecule has 4 aromatic rings. The predicted octanol–water partition coefficient (Wildman–Crippen LogP) is 8.28. The van der Waals surface area contributed by atoms with Gasteiger partial charge in [-0.15, -0.1) is 10.2 Å². The number of aliphatic hydroxyl groups is 2. The minimum Gasteiger partial charge on any atom is -0.515 e. The third kappa shape index (κ3) is 6.63. The lowest BCUT2D eigenvalue weighted by atomic mass is 10.1. The summed E-state index contributed by atoms with van der Waals surface area (Å²) in [6, 6.07) is 28.2. The zero-order valence-corrected chi connectivity index (χ0v) is 29.4. The number of piperidine rings is 1. The first-order valence-electron chi connectivity index (χ1n) is 16.2. The van der Waals surface area contributed by atoms with E-state index < -0.39 is 10.2 Å². The number of pyridine rings is 1. The van der Waals surface area contributed by atoms with Crippen LogP contribution in [0.3, 0.4) is 0 Å². The maximum absolute atomic E-state index is 10.0. The van der Waals surface area contributed by atoms with Crippen LogP contribution in [-0.4, -0.2) is 73.8 Å². The van der Waals surface area contributed by atoms with E-state index in [0.29, 0.717) is 0 Å². The first-order valence-corrected chi connectivity index (χ1v) is 18.8. The number of anilines is 2. The second-order valence-corrected chi connectivity index (χ2v) is 16.3. The number of aliphatic hydroxyl groups excluding tert-OH is 2. The molecule has 1 saturated heterocycles. The number of thioether (sulfide) groups is 1. The normalized spacial score (nSPS) is 18.4. The topological polar surface area (TPSA) is 57.3 Å². The molecule has 3 aromatic carbocycles. The Kier molecular flexibility index (Phi) is 10.2. The van der Waals surface area contributed by atoms with E-state index in [1.807, 2.05) is 10.8 Å². The smallest absolute Gasteiger partial charge is 0.282 e. The van der Waals surface area contributed by atoms with Crippen LogP contribution in [0.2, 0.25) is 0 Å². The molecule has 1 aromatic heterocycles. The minimum absolute atomic E-state index is 0.892. The highest BCUT2D eigenvalue weighted by Crippen LogP contribution is 2.63. The van der Waals surface area contributed by atoms with Gasteiger partial charge in [0.05, 0.1) is 36.8 Å².